The summed E-state index contributed by atoms with van der Waals surface area (Å²) in [6.07, 6.45) is 2.29. The predicted molar refractivity (Wildman–Crippen MR) is 103 cm³/mol. The second-order valence-electron chi connectivity index (χ2n) is 8.03. The van der Waals surface area contributed by atoms with E-state index in [1.807, 2.05) is 6.92 Å². The predicted octanol–water partition coefficient (Wildman–Crippen LogP) is -0.274. The van der Waals surface area contributed by atoms with Crippen LogP contribution in [0.2, 0.25) is 0 Å². The first-order chi connectivity index (χ1) is 13.3. The molecule has 28 heavy (non-hydrogen) atoms. The fourth-order valence-electron chi connectivity index (χ4n) is 4.05. The SMILES string of the molecule is C=CC1CN2C(=O)CN(CCN3CC(=O)N(CC(C)CC1=C)C(=O)C3)CC2=O. The molecule has 6 rings (SSSR count). The fraction of sp³-hybridized carbons (Fsp3) is 0.600. The summed E-state index contributed by atoms with van der Waals surface area (Å²) in [6.45, 7) is 12.1. The Morgan fingerprint density at radius 3 is 1.68 bits per heavy atom. The normalized spacial score (nSPS) is 33.0. The molecular weight excluding hydrogens is 360 g/mol. The molecule has 6 heterocycles. The van der Waals surface area contributed by atoms with Crippen LogP contribution in [0.3, 0.4) is 0 Å². The number of hydrogen-bond acceptors (Lipinski definition) is 6. The highest BCUT2D eigenvalue weighted by Crippen LogP contribution is 2.23. The van der Waals surface area contributed by atoms with Crippen molar-refractivity contribution in [3.63, 3.8) is 0 Å². The molecule has 6 aliphatic heterocycles. The van der Waals surface area contributed by atoms with Gasteiger partial charge in [0.25, 0.3) is 0 Å². The summed E-state index contributed by atoms with van der Waals surface area (Å²) in [5.74, 6) is -1.03. The van der Waals surface area contributed by atoms with Gasteiger partial charge >= 0.3 is 0 Å². The molecule has 8 nitrogen and oxygen atoms in total. The lowest BCUT2D eigenvalue weighted by molar-refractivity contribution is -0.155. The van der Waals surface area contributed by atoms with E-state index in [2.05, 4.69) is 13.2 Å². The molecule has 0 aromatic heterocycles. The van der Waals surface area contributed by atoms with Crippen LogP contribution in [0.1, 0.15) is 13.3 Å². The summed E-state index contributed by atoms with van der Waals surface area (Å²) in [5, 5.41) is 0. The lowest BCUT2D eigenvalue weighted by Gasteiger charge is -2.38. The van der Waals surface area contributed by atoms with Crippen molar-refractivity contribution in [3.8, 4) is 0 Å². The van der Waals surface area contributed by atoms with E-state index in [-0.39, 0.29) is 68.2 Å². The Morgan fingerprint density at radius 1 is 0.821 bits per heavy atom. The molecule has 0 spiro atoms. The highest BCUT2D eigenvalue weighted by Gasteiger charge is 2.35. The van der Waals surface area contributed by atoms with Crippen LogP contribution in [0, 0.1) is 11.8 Å². The van der Waals surface area contributed by atoms with Gasteiger partial charge < -0.3 is 0 Å². The van der Waals surface area contributed by atoms with Crippen molar-refractivity contribution in [1.29, 1.82) is 0 Å². The topological polar surface area (TPSA) is 81.2 Å². The van der Waals surface area contributed by atoms with Gasteiger partial charge in [-0.1, -0.05) is 25.2 Å². The van der Waals surface area contributed by atoms with Crippen LogP contribution in [0.25, 0.3) is 0 Å². The molecule has 4 bridgehead atoms. The van der Waals surface area contributed by atoms with Crippen molar-refractivity contribution in [3.05, 3.63) is 24.8 Å². The number of nitrogens with zero attached hydrogens (tertiary/aromatic N) is 4. The Kier molecular flexibility index (Phi) is 6.10. The van der Waals surface area contributed by atoms with Crippen LogP contribution in [0.15, 0.2) is 24.8 Å². The van der Waals surface area contributed by atoms with E-state index < -0.39 is 0 Å². The molecule has 0 aliphatic carbocycles. The minimum atomic E-state index is -0.229. The maximum absolute atomic E-state index is 12.5. The lowest BCUT2D eigenvalue weighted by Crippen LogP contribution is -2.58. The molecule has 0 aromatic carbocycles. The summed E-state index contributed by atoms with van der Waals surface area (Å²) in [6, 6.07) is 0. The molecule has 0 saturated carbocycles. The van der Waals surface area contributed by atoms with Gasteiger partial charge in [0.05, 0.1) is 26.2 Å². The highest BCUT2D eigenvalue weighted by atomic mass is 16.2. The number of rotatable bonds is 1. The first-order valence-corrected chi connectivity index (χ1v) is 9.69. The molecule has 152 valence electrons. The van der Waals surface area contributed by atoms with Gasteiger partial charge in [0.2, 0.25) is 23.6 Å². The van der Waals surface area contributed by atoms with Crippen LogP contribution >= 0.6 is 0 Å². The number of amides is 4. The van der Waals surface area contributed by atoms with Gasteiger partial charge in [-0.05, 0) is 12.3 Å². The van der Waals surface area contributed by atoms with Crippen molar-refractivity contribution in [2.75, 3.05) is 52.4 Å². The van der Waals surface area contributed by atoms with Gasteiger partial charge in [0.15, 0.2) is 0 Å². The minimum Gasteiger partial charge on any atom is -0.284 e. The van der Waals surface area contributed by atoms with Gasteiger partial charge in [-0.3, -0.25) is 38.8 Å². The van der Waals surface area contributed by atoms with E-state index in [9.17, 15) is 19.2 Å². The lowest BCUT2D eigenvalue weighted by atomic mass is 9.90. The van der Waals surface area contributed by atoms with Crippen molar-refractivity contribution in [2.24, 2.45) is 11.8 Å². The Labute approximate surface area is 165 Å². The first-order valence-electron chi connectivity index (χ1n) is 9.69. The second kappa shape index (κ2) is 8.36. The van der Waals surface area contributed by atoms with Crippen LogP contribution in [0.4, 0.5) is 0 Å². The van der Waals surface area contributed by atoms with Gasteiger partial charge in [0, 0.05) is 32.1 Å². The molecule has 0 N–H and O–H groups in total. The summed E-state index contributed by atoms with van der Waals surface area (Å²) >= 11 is 0. The maximum atomic E-state index is 12.5. The highest BCUT2D eigenvalue weighted by molar-refractivity contribution is 6.00. The van der Waals surface area contributed by atoms with Crippen molar-refractivity contribution in [1.82, 2.24) is 19.6 Å². The van der Waals surface area contributed by atoms with Crippen LogP contribution in [0.5, 0.6) is 0 Å². The molecular formula is C20H28N4O4. The Hall–Kier alpha value is -2.32. The standard InChI is InChI=1S/C20H28N4O4/c1-4-16-9-24-19(27)12-22(13-20(24)28)6-5-21-10-17(25)23(18(26)11-21)8-14(2)7-15(16)3/h4,14,16H,1,3,5-13H2,2H3. The average Bonchev–Trinajstić information content (AvgIpc) is 2.61. The zero-order valence-corrected chi connectivity index (χ0v) is 16.4. The van der Waals surface area contributed by atoms with Crippen LogP contribution in [-0.4, -0.2) is 95.6 Å². The van der Waals surface area contributed by atoms with E-state index in [1.54, 1.807) is 15.9 Å². The molecule has 4 amide bonds. The second-order valence-corrected chi connectivity index (χ2v) is 8.03. The van der Waals surface area contributed by atoms with Gasteiger partial charge in [-0.25, -0.2) is 0 Å². The summed E-state index contributed by atoms with van der Waals surface area (Å²) in [4.78, 5) is 56.3. The van der Waals surface area contributed by atoms with Crippen LogP contribution in [-0.2, 0) is 19.2 Å². The molecule has 0 radical (unpaired) electrons. The van der Waals surface area contributed by atoms with Gasteiger partial charge in [0.1, 0.15) is 0 Å². The summed E-state index contributed by atoms with van der Waals surface area (Å²) in [7, 11) is 0. The monoisotopic (exact) mass is 388 g/mol. The van der Waals surface area contributed by atoms with Crippen molar-refractivity contribution < 1.29 is 19.2 Å². The maximum Gasteiger partial charge on any atom is 0.243 e. The first kappa shape index (κ1) is 20.4. The molecule has 6 fully saturated rings. The van der Waals surface area contributed by atoms with E-state index in [4.69, 9.17) is 0 Å². The molecule has 8 heteroatoms. The zero-order valence-electron chi connectivity index (χ0n) is 16.4. The molecule has 6 saturated heterocycles. The van der Waals surface area contributed by atoms with E-state index in [1.165, 1.54) is 9.80 Å². The number of hydrogen-bond donors (Lipinski definition) is 0. The number of carbonyl (C=O) groups excluding carboxylic acids is 4. The summed E-state index contributed by atoms with van der Waals surface area (Å²) < 4.78 is 0. The Balaban J connectivity index is 1.84. The smallest absolute Gasteiger partial charge is 0.243 e. The van der Waals surface area contributed by atoms with Gasteiger partial charge in [-0.2, -0.15) is 0 Å². The molecule has 0 aromatic rings. The molecule has 2 unspecified atom stereocenters. The molecule has 6 aliphatic rings. The quantitative estimate of drug-likeness (QED) is 0.454. The minimum absolute atomic E-state index is 0.0329. The third kappa shape index (κ3) is 4.39. The number of carbonyl (C=O) groups is 4. The van der Waals surface area contributed by atoms with Gasteiger partial charge in [-0.15, -0.1) is 6.58 Å². The van der Waals surface area contributed by atoms with Crippen LogP contribution < -0.4 is 0 Å². The average molecular weight is 388 g/mol. The Bertz CT molecular complexity index is 683. The Morgan fingerprint density at radius 2 is 1.25 bits per heavy atom. The van der Waals surface area contributed by atoms with Crippen molar-refractivity contribution in [2.45, 2.75) is 13.3 Å². The largest absolute Gasteiger partial charge is 0.284 e. The van der Waals surface area contributed by atoms with E-state index >= 15 is 0 Å². The summed E-state index contributed by atoms with van der Waals surface area (Å²) in [5.41, 5.74) is 0.844. The number of piperazine rings is 2. The molecule has 2 atom stereocenters. The number of imide groups is 2. The third-order valence-corrected chi connectivity index (χ3v) is 5.67. The van der Waals surface area contributed by atoms with E-state index in [0.717, 1.165) is 5.57 Å². The third-order valence-electron chi connectivity index (χ3n) is 5.67. The van der Waals surface area contributed by atoms with Crippen molar-refractivity contribution >= 4 is 23.6 Å². The van der Waals surface area contributed by atoms with E-state index in [0.29, 0.717) is 26.1 Å². The fourth-order valence-corrected chi connectivity index (χ4v) is 4.05. The zero-order chi connectivity index (χ0) is 20.4.